The molecule has 0 bridgehead atoms. The molecule has 0 saturated carbocycles. The Hall–Kier alpha value is -4.19. The molecule has 1 aliphatic heterocycles. The third kappa shape index (κ3) is 4.16. The molecule has 1 aliphatic rings. The van der Waals surface area contributed by atoms with E-state index in [-0.39, 0.29) is 11.1 Å². The molecule has 0 radical (unpaired) electrons. The maximum atomic E-state index is 10.6. The Morgan fingerprint density at radius 1 is 0.906 bits per heavy atom. The fraction of sp³-hybridized carbons (Fsp3) is 0.115. The van der Waals surface area contributed by atoms with Crippen molar-refractivity contribution in [2.24, 2.45) is 0 Å². The van der Waals surface area contributed by atoms with E-state index in [1.807, 2.05) is 12.3 Å². The minimum absolute atomic E-state index is 0.0111. The van der Waals surface area contributed by atoms with Gasteiger partial charge >= 0.3 is 11.9 Å². The van der Waals surface area contributed by atoms with Gasteiger partial charge in [0.25, 0.3) is 0 Å². The highest BCUT2D eigenvalue weighted by molar-refractivity contribution is 5.96. The van der Waals surface area contributed by atoms with Crippen molar-refractivity contribution in [1.82, 2.24) is 4.98 Å². The molecular formula is C26H22N2O4. The average Bonchev–Trinajstić information content (AvgIpc) is 3.25. The highest BCUT2D eigenvalue weighted by atomic mass is 16.4. The Balaban J connectivity index is 0.000000166. The summed E-state index contributed by atoms with van der Waals surface area (Å²) >= 11 is 0. The number of pyridine rings is 1. The molecule has 2 heterocycles. The standard InChI is InChI=1S/C17H14N2.C9H8O4/c1-2-6-14(7-3-1)19-11-10-13-12-18-16-9-5-4-8-15(16)17(13)19;1-5-2-3-6(8(10)11)4-7(5)9(12)13/h1-9,12H,10-11H2;2-4H,1H3,(H,10,11)(H,12,13). The molecule has 0 atom stereocenters. The first kappa shape index (κ1) is 21.1. The summed E-state index contributed by atoms with van der Waals surface area (Å²) in [5.41, 5.74) is 5.58. The largest absolute Gasteiger partial charge is 0.478 e. The van der Waals surface area contributed by atoms with Crippen LogP contribution in [0.3, 0.4) is 0 Å². The smallest absolute Gasteiger partial charge is 0.335 e. The fourth-order valence-corrected chi connectivity index (χ4v) is 3.87. The number of carboxylic acid groups (broad SMARTS) is 2. The van der Waals surface area contributed by atoms with Crippen LogP contribution in [0, 0.1) is 6.92 Å². The molecule has 1 aromatic heterocycles. The zero-order valence-corrected chi connectivity index (χ0v) is 17.5. The minimum Gasteiger partial charge on any atom is -0.478 e. The summed E-state index contributed by atoms with van der Waals surface area (Å²) < 4.78 is 0. The van der Waals surface area contributed by atoms with Crippen LogP contribution in [0.25, 0.3) is 10.9 Å². The van der Waals surface area contributed by atoms with Gasteiger partial charge in [0.15, 0.2) is 0 Å². The first-order valence-corrected chi connectivity index (χ1v) is 10.2. The van der Waals surface area contributed by atoms with Crippen LogP contribution in [0.1, 0.15) is 31.8 Å². The van der Waals surface area contributed by atoms with Gasteiger partial charge in [-0.25, -0.2) is 9.59 Å². The average molecular weight is 426 g/mol. The lowest BCUT2D eigenvalue weighted by molar-refractivity contribution is 0.0695. The summed E-state index contributed by atoms with van der Waals surface area (Å²) in [6.45, 7) is 2.66. The van der Waals surface area contributed by atoms with Crippen LogP contribution in [0.4, 0.5) is 11.4 Å². The number of rotatable bonds is 3. The molecule has 3 aromatic carbocycles. The van der Waals surface area contributed by atoms with Gasteiger partial charge in [-0.2, -0.15) is 0 Å². The van der Waals surface area contributed by atoms with Crippen molar-refractivity contribution in [3.63, 3.8) is 0 Å². The topological polar surface area (TPSA) is 90.7 Å². The zero-order chi connectivity index (χ0) is 22.7. The fourth-order valence-electron chi connectivity index (χ4n) is 3.87. The Morgan fingerprint density at radius 3 is 2.34 bits per heavy atom. The quantitative estimate of drug-likeness (QED) is 0.461. The summed E-state index contributed by atoms with van der Waals surface area (Å²) in [5.74, 6) is -2.23. The van der Waals surface area contributed by atoms with Gasteiger partial charge in [-0.3, -0.25) is 4.98 Å². The third-order valence-electron chi connectivity index (χ3n) is 5.48. The molecule has 0 fully saturated rings. The zero-order valence-electron chi connectivity index (χ0n) is 17.5. The van der Waals surface area contributed by atoms with E-state index in [2.05, 4.69) is 58.4 Å². The molecule has 0 unspecified atom stereocenters. The van der Waals surface area contributed by atoms with Crippen LogP contribution >= 0.6 is 0 Å². The highest BCUT2D eigenvalue weighted by Gasteiger charge is 2.23. The minimum atomic E-state index is -1.12. The number of aromatic nitrogens is 1. The first-order valence-electron chi connectivity index (χ1n) is 10.2. The Labute approximate surface area is 185 Å². The predicted octanol–water partition coefficient (Wildman–Crippen LogP) is 5.32. The number of carbonyl (C=O) groups is 2. The molecule has 160 valence electrons. The Bertz CT molecular complexity index is 1300. The summed E-state index contributed by atoms with van der Waals surface area (Å²) in [6, 6.07) is 23.0. The van der Waals surface area contributed by atoms with E-state index in [0.717, 1.165) is 24.5 Å². The van der Waals surface area contributed by atoms with Crippen LogP contribution in [-0.2, 0) is 6.42 Å². The van der Waals surface area contributed by atoms with Crippen molar-refractivity contribution in [2.45, 2.75) is 13.3 Å². The number of nitrogens with zero attached hydrogens (tertiary/aromatic N) is 2. The van der Waals surface area contributed by atoms with E-state index < -0.39 is 11.9 Å². The molecule has 0 aliphatic carbocycles. The van der Waals surface area contributed by atoms with Gasteiger partial charge in [0.1, 0.15) is 0 Å². The maximum absolute atomic E-state index is 10.6. The first-order chi connectivity index (χ1) is 15.5. The molecule has 32 heavy (non-hydrogen) atoms. The van der Waals surface area contributed by atoms with Crippen molar-refractivity contribution in [1.29, 1.82) is 0 Å². The number of carboxylic acids is 2. The molecule has 0 saturated heterocycles. The highest BCUT2D eigenvalue weighted by Crippen LogP contribution is 2.38. The van der Waals surface area contributed by atoms with Crippen molar-refractivity contribution in [3.8, 4) is 0 Å². The van der Waals surface area contributed by atoms with E-state index in [1.54, 1.807) is 6.92 Å². The van der Waals surface area contributed by atoms with Crippen LogP contribution < -0.4 is 4.90 Å². The number of hydrogen-bond acceptors (Lipinski definition) is 4. The van der Waals surface area contributed by atoms with Gasteiger partial charge in [0, 0.05) is 23.8 Å². The lowest BCUT2D eigenvalue weighted by Crippen LogP contribution is -2.13. The monoisotopic (exact) mass is 426 g/mol. The number of fused-ring (bicyclic) bond motifs is 3. The van der Waals surface area contributed by atoms with Gasteiger partial charge in [0.05, 0.1) is 22.3 Å². The van der Waals surface area contributed by atoms with Gasteiger partial charge < -0.3 is 15.1 Å². The van der Waals surface area contributed by atoms with Crippen molar-refractivity contribution in [3.05, 3.63) is 101 Å². The van der Waals surface area contributed by atoms with Crippen LogP contribution in [0.15, 0.2) is 79.0 Å². The van der Waals surface area contributed by atoms with Crippen molar-refractivity contribution < 1.29 is 19.8 Å². The van der Waals surface area contributed by atoms with Gasteiger partial charge in [-0.05, 0) is 54.8 Å². The molecule has 0 amide bonds. The molecule has 6 heteroatoms. The number of para-hydroxylation sites is 2. The molecule has 4 aromatic rings. The lowest BCUT2D eigenvalue weighted by atomic mass is 10.1. The molecule has 5 rings (SSSR count). The van der Waals surface area contributed by atoms with Crippen molar-refractivity contribution in [2.75, 3.05) is 11.4 Å². The van der Waals surface area contributed by atoms with E-state index in [4.69, 9.17) is 10.2 Å². The van der Waals surface area contributed by atoms with Gasteiger partial charge in [-0.15, -0.1) is 0 Å². The lowest BCUT2D eigenvalue weighted by Gasteiger charge is -2.20. The maximum Gasteiger partial charge on any atom is 0.335 e. The van der Waals surface area contributed by atoms with Gasteiger partial charge in [-0.1, -0.05) is 42.5 Å². The molecule has 0 spiro atoms. The summed E-state index contributed by atoms with van der Waals surface area (Å²) in [4.78, 5) is 28.1. The number of hydrogen-bond donors (Lipinski definition) is 2. The summed E-state index contributed by atoms with van der Waals surface area (Å²) in [6.07, 6.45) is 3.10. The molecule has 6 nitrogen and oxygen atoms in total. The van der Waals surface area contributed by atoms with Gasteiger partial charge in [0.2, 0.25) is 0 Å². The van der Waals surface area contributed by atoms with Crippen LogP contribution in [0.5, 0.6) is 0 Å². The third-order valence-corrected chi connectivity index (χ3v) is 5.48. The SMILES string of the molecule is Cc1ccc(C(=O)O)cc1C(=O)O.c1ccc(N2CCc3cnc4ccccc4c32)cc1. The second-order valence-electron chi connectivity index (χ2n) is 7.53. The predicted molar refractivity (Wildman–Crippen MR) is 124 cm³/mol. The second-order valence-corrected chi connectivity index (χ2v) is 7.53. The van der Waals surface area contributed by atoms with Crippen LogP contribution in [0.2, 0.25) is 0 Å². The Kier molecular flexibility index (Phi) is 5.85. The van der Waals surface area contributed by atoms with Crippen molar-refractivity contribution >= 4 is 34.2 Å². The number of benzene rings is 3. The second kappa shape index (κ2) is 8.89. The summed E-state index contributed by atoms with van der Waals surface area (Å²) in [5, 5.41) is 18.5. The van der Waals surface area contributed by atoms with E-state index in [9.17, 15) is 9.59 Å². The number of aromatic carboxylic acids is 2. The summed E-state index contributed by atoms with van der Waals surface area (Å²) in [7, 11) is 0. The Morgan fingerprint density at radius 2 is 1.62 bits per heavy atom. The number of anilines is 2. The molecular weight excluding hydrogens is 404 g/mol. The number of aryl methyl sites for hydroxylation is 1. The van der Waals surface area contributed by atoms with E-state index >= 15 is 0 Å². The van der Waals surface area contributed by atoms with E-state index in [0.29, 0.717) is 5.56 Å². The van der Waals surface area contributed by atoms with Crippen LogP contribution in [-0.4, -0.2) is 33.7 Å². The normalized spacial score (nSPS) is 12.1. The molecule has 2 N–H and O–H groups in total. The van der Waals surface area contributed by atoms with E-state index in [1.165, 1.54) is 34.5 Å².